The zero-order chi connectivity index (χ0) is 20.3. The normalized spacial score (nSPS) is 15.5. The molecule has 1 aliphatic rings. The number of ether oxygens (including phenoxy) is 1. The first-order valence-corrected chi connectivity index (χ1v) is 11.7. The van der Waals surface area contributed by atoms with Gasteiger partial charge in [0, 0.05) is 30.1 Å². The molecule has 0 saturated carbocycles. The highest BCUT2D eigenvalue weighted by atomic mass is 35.5. The van der Waals surface area contributed by atoms with E-state index in [9.17, 15) is 13.2 Å². The highest BCUT2D eigenvalue weighted by Crippen LogP contribution is 2.25. The van der Waals surface area contributed by atoms with Crippen LogP contribution < -0.4 is 0 Å². The summed E-state index contributed by atoms with van der Waals surface area (Å²) in [6.45, 7) is 5.98. The number of carbonyl (C=O) groups excluding carboxylic acids is 1. The molecule has 1 fully saturated rings. The lowest BCUT2D eigenvalue weighted by molar-refractivity contribution is 0.0729. The summed E-state index contributed by atoms with van der Waals surface area (Å²) in [6.07, 6.45) is 0. The van der Waals surface area contributed by atoms with Gasteiger partial charge in [0.25, 0.3) is 5.91 Å². The second-order valence-corrected chi connectivity index (χ2v) is 10.2. The molecule has 3 rings (SSSR count). The fourth-order valence-electron chi connectivity index (χ4n) is 3.07. The van der Waals surface area contributed by atoms with E-state index >= 15 is 0 Å². The molecule has 0 atom stereocenters. The average molecular weight is 443 g/mol. The number of hydrogen-bond acceptors (Lipinski definition) is 5. The van der Waals surface area contributed by atoms with Crippen molar-refractivity contribution >= 4 is 38.9 Å². The van der Waals surface area contributed by atoms with E-state index in [0.29, 0.717) is 54.9 Å². The highest BCUT2D eigenvalue weighted by Gasteiger charge is 2.29. The van der Waals surface area contributed by atoms with Gasteiger partial charge in [-0.2, -0.15) is 4.31 Å². The molecule has 1 aromatic carbocycles. The van der Waals surface area contributed by atoms with E-state index in [4.69, 9.17) is 16.3 Å². The quantitative estimate of drug-likeness (QED) is 0.687. The number of thiophene rings is 1. The average Bonchev–Trinajstić information content (AvgIpc) is 3.11. The summed E-state index contributed by atoms with van der Waals surface area (Å²) in [5, 5.41) is 0. The number of morpholine rings is 1. The smallest absolute Gasteiger partial charge is 0.254 e. The van der Waals surface area contributed by atoms with Crippen LogP contribution in [-0.4, -0.2) is 56.4 Å². The van der Waals surface area contributed by atoms with E-state index in [2.05, 4.69) is 0 Å². The fraction of sp³-hybridized carbons (Fsp3) is 0.421. The van der Waals surface area contributed by atoms with Crippen LogP contribution in [0.2, 0.25) is 4.34 Å². The molecule has 0 radical (unpaired) electrons. The summed E-state index contributed by atoms with van der Waals surface area (Å²) in [6, 6.07) is 8.56. The lowest BCUT2D eigenvalue weighted by Gasteiger charge is -2.27. The highest BCUT2D eigenvalue weighted by molar-refractivity contribution is 7.89. The number of benzene rings is 1. The number of sulfonamides is 1. The van der Waals surface area contributed by atoms with E-state index in [-0.39, 0.29) is 10.8 Å². The van der Waals surface area contributed by atoms with Gasteiger partial charge in [-0.05, 0) is 43.7 Å². The topological polar surface area (TPSA) is 66.9 Å². The van der Waals surface area contributed by atoms with Gasteiger partial charge in [0.15, 0.2) is 0 Å². The molecule has 2 heterocycles. The lowest BCUT2D eigenvalue weighted by atomic mass is 10.1. The second-order valence-electron chi connectivity index (χ2n) is 6.52. The minimum absolute atomic E-state index is 0.176. The van der Waals surface area contributed by atoms with Gasteiger partial charge in [-0.25, -0.2) is 8.42 Å². The Bertz CT molecular complexity index is 953. The number of amides is 1. The number of hydrogen-bond donors (Lipinski definition) is 0. The monoisotopic (exact) mass is 442 g/mol. The SMILES string of the molecule is CCN(Cc1ccc(Cl)s1)C(=O)c1ccc(C)c(S(=O)(=O)N2CCOCC2)c1. The number of rotatable bonds is 6. The van der Waals surface area contributed by atoms with E-state index in [0.717, 1.165) is 4.88 Å². The van der Waals surface area contributed by atoms with Crippen LogP contribution in [0.15, 0.2) is 35.2 Å². The predicted octanol–water partition coefficient (Wildman–Crippen LogP) is 3.39. The van der Waals surface area contributed by atoms with Gasteiger partial charge in [-0.1, -0.05) is 17.7 Å². The van der Waals surface area contributed by atoms with Crippen molar-refractivity contribution in [3.63, 3.8) is 0 Å². The molecule has 1 amide bonds. The molecule has 28 heavy (non-hydrogen) atoms. The molecule has 2 aromatic rings. The summed E-state index contributed by atoms with van der Waals surface area (Å²) in [7, 11) is -3.67. The second kappa shape index (κ2) is 8.92. The summed E-state index contributed by atoms with van der Waals surface area (Å²) >= 11 is 7.41. The van der Waals surface area contributed by atoms with Crippen molar-refractivity contribution < 1.29 is 17.9 Å². The molecule has 0 aliphatic carbocycles. The molecule has 152 valence electrons. The molecular weight excluding hydrogens is 420 g/mol. The van der Waals surface area contributed by atoms with Gasteiger partial charge >= 0.3 is 0 Å². The number of halogens is 1. The molecule has 0 bridgehead atoms. The molecule has 0 unspecified atom stereocenters. The van der Waals surface area contributed by atoms with Crippen LogP contribution >= 0.6 is 22.9 Å². The van der Waals surface area contributed by atoms with Crippen LogP contribution in [0.25, 0.3) is 0 Å². The Morgan fingerprint density at radius 3 is 2.57 bits per heavy atom. The third kappa shape index (κ3) is 4.58. The Kier molecular flexibility index (Phi) is 6.77. The van der Waals surface area contributed by atoms with Crippen LogP contribution in [0.4, 0.5) is 0 Å². The van der Waals surface area contributed by atoms with Gasteiger partial charge < -0.3 is 9.64 Å². The van der Waals surface area contributed by atoms with Crippen molar-refractivity contribution in [3.05, 3.63) is 50.7 Å². The van der Waals surface area contributed by atoms with Crippen molar-refractivity contribution in [1.82, 2.24) is 9.21 Å². The molecule has 1 saturated heterocycles. The summed E-state index contributed by atoms with van der Waals surface area (Å²) in [5.74, 6) is -0.203. The van der Waals surface area contributed by atoms with E-state index < -0.39 is 10.0 Å². The summed E-state index contributed by atoms with van der Waals surface area (Å²) in [4.78, 5) is 15.9. The van der Waals surface area contributed by atoms with Crippen molar-refractivity contribution in [1.29, 1.82) is 0 Å². The molecule has 0 N–H and O–H groups in total. The van der Waals surface area contributed by atoms with Crippen molar-refractivity contribution in [2.24, 2.45) is 0 Å². The Labute approximate surface area is 174 Å². The van der Waals surface area contributed by atoms with Gasteiger partial charge in [0.05, 0.1) is 29.0 Å². The minimum Gasteiger partial charge on any atom is -0.379 e. The zero-order valence-corrected chi connectivity index (χ0v) is 18.2. The van der Waals surface area contributed by atoms with E-state index in [1.54, 1.807) is 30.0 Å². The first-order chi connectivity index (χ1) is 13.3. The van der Waals surface area contributed by atoms with Crippen LogP contribution in [0, 0.1) is 6.92 Å². The predicted molar refractivity (Wildman–Crippen MR) is 111 cm³/mol. The van der Waals surface area contributed by atoms with Crippen molar-refractivity contribution in [2.75, 3.05) is 32.8 Å². The van der Waals surface area contributed by atoms with Gasteiger partial charge in [0.1, 0.15) is 0 Å². The van der Waals surface area contributed by atoms with Gasteiger partial charge in [-0.3, -0.25) is 4.79 Å². The first-order valence-electron chi connectivity index (χ1n) is 9.05. The maximum Gasteiger partial charge on any atom is 0.254 e. The van der Waals surface area contributed by atoms with Crippen LogP contribution in [0.3, 0.4) is 0 Å². The summed E-state index contributed by atoms with van der Waals surface area (Å²) < 4.78 is 33.4. The standard InChI is InChI=1S/C19H23ClN2O4S2/c1-3-21(13-16-6-7-18(20)27-16)19(23)15-5-4-14(2)17(12-15)28(24,25)22-8-10-26-11-9-22/h4-7,12H,3,8-11,13H2,1-2H3. The van der Waals surface area contributed by atoms with Gasteiger partial charge in [0.2, 0.25) is 10.0 Å². The molecule has 1 aromatic heterocycles. The number of carbonyl (C=O) groups is 1. The third-order valence-electron chi connectivity index (χ3n) is 4.67. The Balaban J connectivity index is 1.87. The first kappa shape index (κ1) is 21.3. The summed E-state index contributed by atoms with van der Waals surface area (Å²) in [5.41, 5.74) is 0.984. The third-order valence-corrected chi connectivity index (χ3v) is 7.92. The molecule has 0 spiro atoms. The molecular formula is C19H23ClN2O4S2. The fourth-order valence-corrected chi connectivity index (χ4v) is 5.83. The maximum atomic E-state index is 13.0. The largest absolute Gasteiger partial charge is 0.379 e. The van der Waals surface area contributed by atoms with Crippen LogP contribution in [0.5, 0.6) is 0 Å². The molecule has 9 heteroatoms. The number of nitrogens with zero attached hydrogens (tertiary/aromatic N) is 2. The Morgan fingerprint density at radius 2 is 1.96 bits per heavy atom. The van der Waals surface area contributed by atoms with E-state index in [1.807, 2.05) is 13.0 Å². The maximum absolute atomic E-state index is 13.0. The van der Waals surface area contributed by atoms with Crippen LogP contribution in [-0.2, 0) is 21.3 Å². The minimum atomic E-state index is -3.67. The van der Waals surface area contributed by atoms with E-state index in [1.165, 1.54) is 21.7 Å². The zero-order valence-electron chi connectivity index (χ0n) is 15.9. The lowest BCUT2D eigenvalue weighted by Crippen LogP contribution is -2.41. The van der Waals surface area contributed by atoms with Crippen molar-refractivity contribution in [2.45, 2.75) is 25.3 Å². The number of aryl methyl sites for hydroxylation is 1. The Hall–Kier alpha value is -1.45. The molecule has 6 nitrogen and oxygen atoms in total. The van der Waals surface area contributed by atoms with Crippen LogP contribution in [0.1, 0.15) is 27.7 Å². The van der Waals surface area contributed by atoms with Gasteiger partial charge in [-0.15, -0.1) is 11.3 Å². The Morgan fingerprint density at radius 1 is 1.25 bits per heavy atom. The molecule has 1 aliphatic heterocycles. The van der Waals surface area contributed by atoms with Crippen molar-refractivity contribution in [3.8, 4) is 0 Å².